The Kier molecular flexibility index (Phi) is 5.45. The minimum absolute atomic E-state index is 0.114. The van der Waals surface area contributed by atoms with Gasteiger partial charge >= 0.3 is 0 Å². The molecule has 0 spiro atoms. The van der Waals surface area contributed by atoms with Crippen molar-refractivity contribution in [2.45, 2.75) is 13.3 Å². The lowest BCUT2D eigenvalue weighted by atomic mass is 10.1. The molecule has 0 saturated carbocycles. The zero-order valence-electron chi connectivity index (χ0n) is 14.7. The number of morpholine rings is 1. The zero-order chi connectivity index (χ0) is 17.8. The number of carbonyl (C=O) groups excluding carboxylic acids is 1. The molecule has 25 heavy (non-hydrogen) atoms. The monoisotopic (exact) mass is 344 g/mol. The Bertz CT molecular complexity index is 825. The van der Waals surface area contributed by atoms with E-state index in [1.807, 2.05) is 0 Å². The maximum Gasteiger partial charge on any atom is 0.272 e. The molecule has 0 unspecified atom stereocenters. The van der Waals surface area contributed by atoms with Gasteiger partial charge in [-0.1, -0.05) is 0 Å². The lowest BCUT2D eigenvalue weighted by Gasteiger charge is -2.26. The highest BCUT2D eigenvalue weighted by atomic mass is 16.5. The van der Waals surface area contributed by atoms with Crippen LogP contribution in [0.4, 0.5) is 0 Å². The molecule has 1 aromatic carbocycles. The summed E-state index contributed by atoms with van der Waals surface area (Å²) >= 11 is 0. The van der Waals surface area contributed by atoms with E-state index in [1.54, 1.807) is 36.7 Å². The predicted octanol–water partition coefficient (Wildman–Crippen LogP) is 0.694. The van der Waals surface area contributed by atoms with E-state index in [-0.39, 0.29) is 11.5 Å². The van der Waals surface area contributed by atoms with Crippen LogP contribution in [0.15, 0.2) is 23.0 Å². The average molecular weight is 344 g/mol. The van der Waals surface area contributed by atoms with Crippen molar-refractivity contribution in [3.8, 4) is 0 Å². The van der Waals surface area contributed by atoms with Crippen LogP contribution >= 0.6 is 0 Å². The largest absolute Gasteiger partial charge is 0.379 e. The summed E-state index contributed by atoms with van der Waals surface area (Å²) < 4.78 is 6.88. The van der Waals surface area contributed by atoms with Crippen molar-refractivity contribution in [1.82, 2.24) is 19.8 Å². The predicted molar refractivity (Wildman–Crippen MR) is 95.9 cm³/mol. The Balaban J connectivity index is 1.60. The quantitative estimate of drug-likeness (QED) is 0.808. The zero-order valence-corrected chi connectivity index (χ0v) is 14.7. The number of nitrogens with one attached hydrogen (secondary N) is 1. The minimum atomic E-state index is -0.118. The number of hydrogen-bond donors (Lipinski definition) is 1. The summed E-state index contributed by atoms with van der Waals surface area (Å²) in [6.45, 7) is 6.78. The van der Waals surface area contributed by atoms with E-state index < -0.39 is 0 Å². The molecule has 1 saturated heterocycles. The van der Waals surface area contributed by atoms with Crippen LogP contribution in [-0.4, -0.2) is 59.8 Å². The number of carbonyl (C=O) groups is 1. The van der Waals surface area contributed by atoms with Crippen LogP contribution in [0, 0.1) is 6.92 Å². The Morgan fingerprint density at radius 3 is 2.84 bits per heavy atom. The number of hydrogen-bond acceptors (Lipinski definition) is 5. The van der Waals surface area contributed by atoms with Crippen LogP contribution in [0.5, 0.6) is 0 Å². The van der Waals surface area contributed by atoms with Gasteiger partial charge in [0, 0.05) is 32.2 Å². The third kappa shape index (κ3) is 4.05. The third-order valence-electron chi connectivity index (χ3n) is 4.54. The van der Waals surface area contributed by atoms with Crippen LogP contribution < -0.4 is 10.9 Å². The molecule has 0 atom stereocenters. The van der Waals surface area contributed by atoms with Crippen molar-refractivity contribution >= 4 is 16.9 Å². The number of ether oxygens (including phenoxy) is 1. The van der Waals surface area contributed by atoms with Gasteiger partial charge in [-0.2, -0.15) is 0 Å². The van der Waals surface area contributed by atoms with Crippen molar-refractivity contribution in [2.24, 2.45) is 7.05 Å². The fourth-order valence-corrected chi connectivity index (χ4v) is 3.05. The number of fused-ring (bicyclic) bond motifs is 1. The third-order valence-corrected chi connectivity index (χ3v) is 4.54. The molecule has 1 aliphatic heterocycles. The SMILES string of the molecule is Cc1nc2cc(C(=O)NCCCN3CCOCC3)ccc2n(C)c1=O. The molecule has 3 rings (SSSR count). The molecule has 0 bridgehead atoms. The van der Waals surface area contributed by atoms with E-state index in [0.717, 1.165) is 44.8 Å². The van der Waals surface area contributed by atoms with Gasteiger partial charge in [0.1, 0.15) is 5.69 Å². The maximum absolute atomic E-state index is 12.3. The molecular formula is C18H24N4O3. The highest BCUT2D eigenvalue weighted by molar-refractivity contribution is 5.97. The fourth-order valence-electron chi connectivity index (χ4n) is 3.05. The van der Waals surface area contributed by atoms with Crippen molar-refractivity contribution in [3.05, 3.63) is 39.8 Å². The molecule has 7 heteroatoms. The Hall–Kier alpha value is -2.25. The van der Waals surface area contributed by atoms with E-state index in [9.17, 15) is 9.59 Å². The topological polar surface area (TPSA) is 76.5 Å². The molecule has 2 aromatic rings. The summed E-state index contributed by atoms with van der Waals surface area (Å²) in [5.41, 5.74) is 2.25. The minimum Gasteiger partial charge on any atom is -0.379 e. The van der Waals surface area contributed by atoms with Crippen molar-refractivity contribution < 1.29 is 9.53 Å². The van der Waals surface area contributed by atoms with Gasteiger partial charge in [0.25, 0.3) is 11.5 Å². The van der Waals surface area contributed by atoms with E-state index >= 15 is 0 Å². The van der Waals surface area contributed by atoms with Crippen LogP contribution in [0.25, 0.3) is 11.0 Å². The first-order chi connectivity index (χ1) is 12.1. The van der Waals surface area contributed by atoms with Gasteiger partial charge in [-0.3, -0.25) is 14.5 Å². The molecule has 1 N–H and O–H groups in total. The molecule has 0 aliphatic carbocycles. The van der Waals surface area contributed by atoms with E-state index in [1.165, 1.54) is 0 Å². The molecule has 1 amide bonds. The van der Waals surface area contributed by atoms with Crippen LogP contribution in [0.2, 0.25) is 0 Å². The summed E-state index contributed by atoms with van der Waals surface area (Å²) in [4.78, 5) is 30.9. The molecule has 0 radical (unpaired) electrons. The van der Waals surface area contributed by atoms with Gasteiger partial charge in [-0.15, -0.1) is 0 Å². The normalized spacial score (nSPS) is 15.4. The van der Waals surface area contributed by atoms with Gasteiger partial charge < -0.3 is 14.6 Å². The van der Waals surface area contributed by atoms with Crippen LogP contribution in [0.1, 0.15) is 22.5 Å². The first-order valence-corrected chi connectivity index (χ1v) is 8.62. The summed E-state index contributed by atoms with van der Waals surface area (Å²) in [6, 6.07) is 5.24. The highest BCUT2D eigenvalue weighted by Crippen LogP contribution is 2.12. The Morgan fingerprint density at radius 1 is 1.32 bits per heavy atom. The summed E-state index contributed by atoms with van der Waals surface area (Å²) in [5.74, 6) is -0.114. The number of amides is 1. The van der Waals surface area contributed by atoms with Gasteiger partial charge in [0.15, 0.2) is 0 Å². The second-order valence-electron chi connectivity index (χ2n) is 6.33. The summed E-state index contributed by atoms with van der Waals surface area (Å²) in [5, 5.41) is 2.95. The highest BCUT2D eigenvalue weighted by Gasteiger charge is 2.11. The first kappa shape index (κ1) is 17.6. The number of aromatic nitrogens is 2. The molecule has 1 fully saturated rings. The molecular weight excluding hydrogens is 320 g/mol. The second-order valence-corrected chi connectivity index (χ2v) is 6.33. The average Bonchev–Trinajstić information content (AvgIpc) is 2.63. The van der Waals surface area contributed by atoms with E-state index in [4.69, 9.17) is 4.74 Å². The number of aryl methyl sites for hydroxylation is 2. The molecule has 1 aliphatic rings. The Morgan fingerprint density at radius 2 is 2.08 bits per heavy atom. The number of nitrogens with zero attached hydrogens (tertiary/aromatic N) is 3. The van der Waals surface area contributed by atoms with E-state index in [0.29, 0.717) is 23.3 Å². The summed E-state index contributed by atoms with van der Waals surface area (Å²) in [7, 11) is 1.71. The lowest BCUT2D eigenvalue weighted by molar-refractivity contribution is 0.0374. The molecule has 2 heterocycles. The van der Waals surface area contributed by atoms with Gasteiger partial charge in [0.2, 0.25) is 0 Å². The maximum atomic E-state index is 12.3. The van der Waals surface area contributed by atoms with E-state index in [2.05, 4.69) is 15.2 Å². The van der Waals surface area contributed by atoms with Gasteiger partial charge in [-0.05, 0) is 38.1 Å². The smallest absolute Gasteiger partial charge is 0.272 e. The van der Waals surface area contributed by atoms with Crippen molar-refractivity contribution in [2.75, 3.05) is 39.4 Å². The van der Waals surface area contributed by atoms with Crippen molar-refractivity contribution in [1.29, 1.82) is 0 Å². The molecule has 7 nitrogen and oxygen atoms in total. The lowest BCUT2D eigenvalue weighted by Crippen LogP contribution is -2.38. The standard InChI is InChI=1S/C18H24N4O3/c1-13-18(24)21(2)16-5-4-14(12-15(16)20-13)17(23)19-6-3-7-22-8-10-25-11-9-22/h4-5,12H,3,6-11H2,1-2H3,(H,19,23). The van der Waals surface area contributed by atoms with Crippen LogP contribution in [-0.2, 0) is 11.8 Å². The molecule has 134 valence electrons. The molecule has 1 aromatic heterocycles. The first-order valence-electron chi connectivity index (χ1n) is 8.62. The van der Waals surface area contributed by atoms with Crippen LogP contribution in [0.3, 0.4) is 0 Å². The number of rotatable bonds is 5. The van der Waals surface area contributed by atoms with Gasteiger partial charge in [-0.25, -0.2) is 4.98 Å². The van der Waals surface area contributed by atoms with Gasteiger partial charge in [0.05, 0.1) is 24.2 Å². The second kappa shape index (κ2) is 7.76. The summed E-state index contributed by atoms with van der Waals surface area (Å²) in [6.07, 6.45) is 0.908. The fraction of sp³-hybridized carbons (Fsp3) is 0.500. The van der Waals surface area contributed by atoms with Crippen molar-refractivity contribution in [3.63, 3.8) is 0 Å². The Labute approximate surface area is 146 Å². The number of benzene rings is 1.